The molecule has 0 aliphatic carbocycles. The first-order valence-electron chi connectivity index (χ1n) is 14.7. The van der Waals surface area contributed by atoms with Gasteiger partial charge in [-0.25, -0.2) is 9.18 Å². The van der Waals surface area contributed by atoms with E-state index in [-0.39, 0.29) is 23.7 Å². The molecule has 3 nitrogen and oxygen atoms in total. The zero-order chi connectivity index (χ0) is 28.7. The lowest BCUT2D eigenvalue weighted by atomic mass is 9.99. The van der Waals surface area contributed by atoms with Crippen LogP contribution in [0.2, 0.25) is 0 Å². The summed E-state index contributed by atoms with van der Waals surface area (Å²) >= 11 is 0. The van der Waals surface area contributed by atoms with E-state index in [9.17, 15) is 18.0 Å². The minimum Gasteiger partial charge on any atom is -0.490 e. The van der Waals surface area contributed by atoms with Crippen molar-refractivity contribution in [2.24, 2.45) is 0 Å². The number of esters is 1. The van der Waals surface area contributed by atoms with Gasteiger partial charge in [-0.05, 0) is 66.3 Å². The number of aryl methyl sites for hydroxylation is 1. The molecule has 0 aromatic heterocycles. The normalized spacial score (nSPS) is 11.0. The first-order valence-corrected chi connectivity index (χ1v) is 14.7. The van der Waals surface area contributed by atoms with Gasteiger partial charge in [-0.2, -0.15) is 8.78 Å². The van der Waals surface area contributed by atoms with Crippen LogP contribution in [0.25, 0.3) is 11.1 Å². The van der Waals surface area contributed by atoms with Crippen LogP contribution in [0.15, 0.2) is 54.6 Å². The van der Waals surface area contributed by atoms with E-state index in [2.05, 4.69) is 13.8 Å². The van der Waals surface area contributed by atoms with E-state index in [1.54, 1.807) is 12.1 Å². The summed E-state index contributed by atoms with van der Waals surface area (Å²) in [6.07, 6.45) is 12.7. The molecule has 0 saturated heterocycles. The second-order valence-electron chi connectivity index (χ2n) is 10.2. The fraction of sp³-hybridized carbons (Fsp3) is 0.441. The first-order chi connectivity index (χ1) is 19.4. The van der Waals surface area contributed by atoms with Gasteiger partial charge in [0, 0.05) is 0 Å². The van der Waals surface area contributed by atoms with E-state index in [1.807, 2.05) is 12.1 Å². The fourth-order valence-corrected chi connectivity index (χ4v) is 4.58. The molecular weight excluding hydrogens is 513 g/mol. The molecule has 0 N–H and O–H groups in total. The number of rotatable bonds is 17. The van der Waals surface area contributed by atoms with Gasteiger partial charge < -0.3 is 9.47 Å². The highest BCUT2D eigenvalue weighted by Gasteiger charge is 2.19. The number of benzene rings is 3. The van der Waals surface area contributed by atoms with Gasteiger partial charge in [-0.3, -0.25) is 0 Å². The maximum Gasteiger partial charge on any atom is 0.343 e. The van der Waals surface area contributed by atoms with E-state index in [0.29, 0.717) is 17.5 Å². The Morgan fingerprint density at radius 1 is 0.650 bits per heavy atom. The van der Waals surface area contributed by atoms with Crippen LogP contribution in [-0.4, -0.2) is 12.6 Å². The molecule has 0 atom stereocenters. The van der Waals surface area contributed by atoms with Gasteiger partial charge in [-0.1, -0.05) is 95.9 Å². The summed E-state index contributed by atoms with van der Waals surface area (Å²) in [6.45, 7) is 4.60. The van der Waals surface area contributed by atoms with Crippen molar-refractivity contribution in [3.05, 3.63) is 83.2 Å². The third kappa shape index (κ3) is 9.42. The van der Waals surface area contributed by atoms with Crippen LogP contribution in [0, 0.1) is 17.5 Å². The predicted octanol–water partition coefficient (Wildman–Crippen LogP) is 10.2. The van der Waals surface area contributed by atoms with Gasteiger partial charge in [-0.15, -0.1) is 0 Å². The third-order valence-electron chi connectivity index (χ3n) is 7.03. The summed E-state index contributed by atoms with van der Waals surface area (Å²) in [4.78, 5) is 12.6. The molecular formula is C34H41F3O3. The Kier molecular flexibility index (Phi) is 13.1. The van der Waals surface area contributed by atoms with Crippen LogP contribution in [0.1, 0.15) is 100 Å². The molecule has 6 heteroatoms. The van der Waals surface area contributed by atoms with Gasteiger partial charge in [0.1, 0.15) is 5.82 Å². The zero-order valence-electron chi connectivity index (χ0n) is 23.7. The predicted molar refractivity (Wildman–Crippen MR) is 154 cm³/mol. The lowest BCUT2D eigenvalue weighted by molar-refractivity contribution is 0.0726. The zero-order valence-corrected chi connectivity index (χ0v) is 23.7. The highest BCUT2D eigenvalue weighted by atomic mass is 19.2. The Morgan fingerprint density at radius 2 is 1.23 bits per heavy atom. The molecule has 0 spiro atoms. The molecule has 40 heavy (non-hydrogen) atoms. The second-order valence-corrected chi connectivity index (χ2v) is 10.2. The van der Waals surface area contributed by atoms with Crippen LogP contribution < -0.4 is 9.47 Å². The average Bonchev–Trinajstić information content (AvgIpc) is 2.96. The SMILES string of the molecule is CCCCCCCCc1ccc(-c2ccc(C(=O)Oc3ccc(OCCCCCCC)c(F)c3F)cc2)cc1F. The monoisotopic (exact) mass is 554 g/mol. The Bertz CT molecular complexity index is 1210. The summed E-state index contributed by atoms with van der Waals surface area (Å²) in [6, 6.07) is 14.0. The third-order valence-corrected chi connectivity index (χ3v) is 7.03. The maximum absolute atomic E-state index is 14.7. The molecule has 216 valence electrons. The van der Waals surface area contributed by atoms with Crippen molar-refractivity contribution in [2.75, 3.05) is 6.61 Å². The van der Waals surface area contributed by atoms with Crippen molar-refractivity contribution < 1.29 is 27.4 Å². The fourth-order valence-electron chi connectivity index (χ4n) is 4.58. The molecule has 0 unspecified atom stereocenters. The van der Waals surface area contributed by atoms with Gasteiger partial charge in [0.25, 0.3) is 0 Å². The molecule has 0 fully saturated rings. The Balaban J connectivity index is 1.55. The van der Waals surface area contributed by atoms with Gasteiger partial charge >= 0.3 is 5.97 Å². The molecule has 0 amide bonds. The smallest absolute Gasteiger partial charge is 0.343 e. The van der Waals surface area contributed by atoms with Crippen LogP contribution in [0.4, 0.5) is 13.2 Å². The molecule has 3 aromatic rings. The second kappa shape index (κ2) is 16.7. The molecule has 0 aliphatic heterocycles. The lowest BCUT2D eigenvalue weighted by Gasteiger charge is -2.11. The Labute approximate surface area is 236 Å². The van der Waals surface area contributed by atoms with E-state index in [4.69, 9.17) is 9.47 Å². The van der Waals surface area contributed by atoms with Crippen molar-refractivity contribution >= 4 is 5.97 Å². The minimum atomic E-state index is -1.27. The number of halogens is 3. The number of hydrogen-bond acceptors (Lipinski definition) is 3. The van der Waals surface area contributed by atoms with E-state index < -0.39 is 23.4 Å². The summed E-state index contributed by atoms with van der Waals surface area (Å²) in [7, 11) is 0. The van der Waals surface area contributed by atoms with Crippen molar-refractivity contribution in [3.8, 4) is 22.6 Å². The summed E-state index contributed by atoms with van der Waals surface area (Å²) in [5.74, 6) is -4.24. The van der Waals surface area contributed by atoms with E-state index >= 15 is 0 Å². The van der Waals surface area contributed by atoms with Gasteiger partial charge in [0.15, 0.2) is 11.5 Å². The molecule has 3 aromatic carbocycles. The Morgan fingerprint density at radius 3 is 1.90 bits per heavy atom. The van der Waals surface area contributed by atoms with E-state index in [1.165, 1.54) is 56.0 Å². The summed E-state index contributed by atoms with van der Waals surface area (Å²) in [5.41, 5.74) is 2.29. The first kappa shape index (κ1) is 31.3. The molecule has 0 bridgehead atoms. The molecule has 0 saturated carbocycles. The van der Waals surface area contributed by atoms with Crippen molar-refractivity contribution in [1.82, 2.24) is 0 Å². The standard InChI is InChI=1S/C34H41F3O3/c1-3-5-7-9-10-12-14-26-17-20-28(24-29(26)35)25-15-18-27(19-16-25)34(38)40-31-22-21-30(32(36)33(31)37)39-23-13-11-8-6-4-2/h15-22,24H,3-14,23H2,1-2H3. The van der Waals surface area contributed by atoms with Gasteiger partial charge in [0.2, 0.25) is 11.6 Å². The molecule has 0 heterocycles. The quantitative estimate of drug-likeness (QED) is 0.0946. The van der Waals surface area contributed by atoms with Gasteiger partial charge in [0.05, 0.1) is 12.2 Å². The highest BCUT2D eigenvalue weighted by molar-refractivity contribution is 5.91. The van der Waals surface area contributed by atoms with Crippen molar-refractivity contribution in [1.29, 1.82) is 0 Å². The lowest BCUT2D eigenvalue weighted by Crippen LogP contribution is -2.10. The number of ether oxygens (including phenoxy) is 2. The summed E-state index contributed by atoms with van der Waals surface area (Å²) < 4.78 is 54.2. The van der Waals surface area contributed by atoms with Crippen LogP contribution >= 0.6 is 0 Å². The van der Waals surface area contributed by atoms with Crippen LogP contribution in [0.5, 0.6) is 11.5 Å². The number of hydrogen-bond donors (Lipinski definition) is 0. The summed E-state index contributed by atoms with van der Waals surface area (Å²) in [5, 5.41) is 0. The Hall–Kier alpha value is -3.28. The topological polar surface area (TPSA) is 35.5 Å². The molecule has 3 rings (SSSR count). The van der Waals surface area contributed by atoms with Crippen LogP contribution in [-0.2, 0) is 6.42 Å². The average molecular weight is 555 g/mol. The van der Waals surface area contributed by atoms with E-state index in [0.717, 1.165) is 50.5 Å². The number of unbranched alkanes of at least 4 members (excludes halogenated alkanes) is 9. The molecule has 0 aliphatic rings. The minimum absolute atomic E-state index is 0.163. The van der Waals surface area contributed by atoms with Crippen molar-refractivity contribution in [3.63, 3.8) is 0 Å². The number of carbonyl (C=O) groups excluding carboxylic acids is 1. The maximum atomic E-state index is 14.7. The van der Waals surface area contributed by atoms with Crippen LogP contribution in [0.3, 0.4) is 0 Å². The molecule has 0 radical (unpaired) electrons. The number of carbonyl (C=O) groups is 1. The largest absolute Gasteiger partial charge is 0.490 e. The highest BCUT2D eigenvalue weighted by Crippen LogP contribution is 2.29. The van der Waals surface area contributed by atoms with Crippen molar-refractivity contribution in [2.45, 2.75) is 90.9 Å².